The standard InChI is InChI=1S/C19H21Cl2N5S/c1-22-13-5-2-3-9-25(12-13)19-24-11-16(18-23-8-10-26(18)19)27-15-7-4-6-14(20)17(15)21/h4,6-8,10-11,13,22H,2-3,5,9,12H2,1H3. The van der Waals surface area contributed by atoms with Crippen molar-refractivity contribution in [3.63, 3.8) is 0 Å². The number of nitrogens with one attached hydrogen (secondary N) is 1. The number of hydrogen-bond acceptors (Lipinski definition) is 5. The zero-order valence-corrected chi connectivity index (χ0v) is 17.4. The van der Waals surface area contributed by atoms with Gasteiger partial charge in [0, 0.05) is 42.6 Å². The van der Waals surface area contributed by atoms with Crippen LogP contribution in [0.15, 0.2) is 46.6 Å². The van der Waals surface area contributed by atoms with Crippen molar-refractivity contribution in [2.24, 2.45) is 0 Å². The van der Waals surface area contributed by atoms with Crippen molar-refractivity contribution in [2.75, 3.05) is 25.0 Å². The first-order valence-electron chi connectivity index (χ1n) is 9.03. The maximum absolute atomic E-state index is 6.36. The molecule has 2 aromatic heterocycles. The Labute approximate surface area is 173 Å². The second-order valence-electron chi connectivity index (χ2n) is 6.62. The van der Waals surface area contributed by atoms with Crippen molar-refractivity contribution in [2.45, 2.75) is 35.1 Å². The van der Waals surface area contributed by atoms with Crippen molar-refractivity contribution in [3.8, 4) is 0 Å². The van der Waals surface area contributed by atoms with Crippen LogP contribution in [0.2, 0.25) is 10.0 Å². The van der Waals surface area contributed by atoms with E-state index in [1.807, 2.05) is 37.8 Å². The molecule has 3 heterocycles. The summed E-state index contributed by atoms with van der Waals surface area (Å²) < 4.78 is 2.07. The maximum atomic E-state index is 6.36. The molecule has 0 radical (unpaired) electrons. The van der Waals surface area contributed by atoms with E-state index in [9.17, 15) is 0 Å². The lowest BCUT2D eigenvalue weighted by atomic mass is 10.1. The molecule has 1 atom stereocenters. The lowest BCUT2D eigenvalue weighted by molar-refractivity contribution is 0.529. The monoisotopic (exact) mass is 421 g/mol. The second kappa shape index (κ2) is 8.27. The Balaban J connectivity index is 1.69. The van der Waals surface area contributed by atoms with Crippen LogP contribution in [0.1, 0.15) is 19.3 Å². The van der Waals surface area contributed by atoms with Crippen LogP contribution in [0.3, 0.4) is 0 Å². The van der Waals surface area contributed by atoms with Crippen molar-refractivity contribution in [3.05, 3.63) is 46.8 Å². The average Bonchev–Trinajstić information content (AvgIpc) is 3.05. The number of fused-ring (bicyclic) bond motifs is 1. The van der Waals surface area contributed by atoms with Gasteiger partial charge < -0.3 is 10.2 Å². The van der Waals surface area contributed by atoms with Crippen molar-refractivity contribution in [1.82, 2.24) is 19.7 Å². The summed E-state index contributed by atoms with van der Waals surface area (Å²) in [5.74, 6) is 0.936. The molecule has 0 bridgehead atoms. The molecule has 5 nitrogen and oxygen atoms in total. The Morgan fingerprint density at radius 2 is 2.07 bits per heavy atom. The number of halogens is 2. The summed E-state index contributed by atoms with van der Waals surface area (Å²) in [6, 6.07) is 6.12. The lowest BCUT2D eigenvalue weighted by Gasteiger charge is -2.26. The van der Waals surface area contributed by atoms with Crippen molar-refractivity contribution >= 4 is 46.6 Å². The third kappa shape index (κ3) is 3.90. The highest BCUT2D eigenvalue weighted by atomic mass is 35.5. The summed E-state index contributed by atoms with van der Waals surface area (Å²) in [5.41, 5.74) is 0.881. The predicted octanol–water partition coefficient (Wildman–Crippen LogP) is 4.77. The van der Waals surface area contributed by atoms with Gasteiger partial charge >= 0.3 is 0 Å². The number of imidazole rings is 1. The Kier molecular flexibility index (Phi) is 5.78. The van der Waals surface area contributed by atoms with Crippen LogP contribution >= 0.6 is 35.0 Å². The number of aromatic nitrogens is 3. The van der Waals surface area contributed by atoms with Crippen LogP contribution in [0.5, 0.6) is 0 Å². The van der Waals surface area contributed by atoms with Gasteiger partial charge in [0.25, 0.3) is 0 Å². The van der Waals surface area contributed by atoms with E-state index >= 15 is 0 Å². The molecule has 8 heteroatoms. The van der Waals surface area contributed by atoms with E-state index in [-0.39, 0.29) is 0 Å². The van der Waals surface area contributed by atoms with Crippen LogP contribution in [0.25, 0.3) is 5.65 Å². The first kappa shape index (κ1) is 18.9. The number of anilines is 1. The van der Waals surface area contributed by atoms with Gasteiger partial charge in [0.15, 0.2) is 5.65 Å². The number of nitrogens with zero attached hydrogens (tertiary/aromatic N) is 4. The first-order valence-corrected chi connectivity index (χ1v) is 10.6. The van der Waals surface area contributed by atoms with Gasteiger partial charge in [0.2, 0.25) is 5.95 Å². The van der Waals surface area contributed by atoms with E-state index in [4.69, 9.17) is 28.2 Å². The van der Waals surface area contributed by atoms with E-state index < -0.39 is 0 Å². The maximum Gasteiger partial charge on any atom is 0.211 e. The van der Waals surface area contributed by atoms with Crippen molar-refractivity contribution < 1.29 is 0 Å². The van der Waals surface area contributed by atoms with Crippen LogP contribution in [0.4, 0.5) is 5.95 Å². The lowest BCUT2D eigenvalue weighted by Crippen LogP contribution is -2.39. The normalized spacial score (nSPS) is 18.0. The van der Waals surface area contributed by atoms with Gasteiger partial charge in [0.1, 0.15) is 0 Å². The van der Waals surface area contributed by atoms with E-state index in [0.29, 0.717) is 16.1 Å². The van der Waals surface area contributed by atoms with Gasteiger partial charge in [-0.3, -0.25) is 4.40 Å². The second-order valence-corrected chi connectivity index (χ2v) is 8.49. The molecule has 1 fully saturated rings. The summed E-state index contributed by atoms with van der Waals surface area (Å²) >= 11 is 14.0. The Morgan fingerprint density at radius 3 is 2.93 bits per heavy atom. The predicted molar refractivity (Wildman–Crippen MR) is 112 cm³/mol. The zero-order valence-electron chi connectivity index (χ0n) is 15.0. The van der Waals surface area contributed by atoms with Crippen LogP contribution < -0.4 is 10.2 Å². The molecule has 1 aromatic carbocycles. The minimum Gasteiger partial charge on any atom is -0.340 e. The fourth-order valence-electron chi connectivity index (χ4n) is 3.43. The Bertz CT molecular complexity index is 945. The molecule has 0 aliphatic carbocycles. The fraction of sp³-hybridized carbons (Fsp3) is 0.368. The molecule has 1 unspecified atom stereocenters. The summed E-state index contributed by atoms with van der Waals surface area (Å²) in [6.07, 6.45) is 9.28. The van der Waals surface area contributed by atoms with Gasteiger partial charge in [-0.25, -0.2) is 9.97 Å². The molecule has 0 amide bonds. The molecule has 142 valence electrons. The van der Waals surface area contributed by atoms with E-state index in [1.54, 1.807) is 6.07 Å². The van der Waals surface area contributed by atoms with Crippen molar-refractivity contribution in [1.29, 1.82) is 0 Å². The van der Waals surface area contributed by atoms with Crippen LogP contribution in [0, 0.1) is 0 Å². The number of benzene rings is 1. The van der Waals surface area contributed by atoms with E-state index in [0.717, 1.165) is 34.5 Å². The molecule has 1 N–H and O–H groups in total. The average molecular weight is 422 g/mol. The van der Waals surface area contributed by atoms with Gasteiger partial charge in [-0.1, -0.05) is 47.5 Å². The van der Waals surface area contributed by atoms with Gasteiger partial charge in [-0.15, -0.1) is 0 Å². The number of likely N-dealkylation sites (N-methyl/N-ethyl adjacent to an activating group) is 1. The minimum atomic E-state index is 0.479. The molecule has 1 saturated heterocycles. The fourth-order valence-corrected chi connectivity index (χ4v) is 4.83. The quantitative estimate of drug-likeness (QED) is 0.657. The molecular weight excluding hydrogens is 401 g/mol. The number of hydrogen-bond donors (Lipinski definition) is 1. The molecule has 0 saturated carbocycles. The summed E-state index contributed by atoms with van der Waals surface area (Å²) in [7, 11) is 2.03. The molecule has 1 aliphatic rings. The van der Waals surface area contributed by atoms with Gasteiger partial charge in [0.05, 0.1) is 14.9 Å². The van der Waals surface area contributed by atoms with E-state index in [2.05, 4.69) is 19.6 Å². The molecule has 4 rings (SSSR count). The highest BCUT2D eigenvalue weighted by molar-refractivity contribution is 7.99. The highest BCUT2D eigenvalue weighted by Crippen LogP contribution is 2.38. The molecule has 3 aromatic rings. The smallest absolute Gasteiger partial charge is 0.211 e. The van der Waals surface area contributed by atoms with E-state index in [1.165, 1.54) is 31.0 Å². The molecule has 27 heavy (non-hydrogen) atoms. The summed E-state index contributed by atoms with van der Waals surface area (Å²) in [6.45, 7) is 1.95. The Morgan fingerprint density at radius 1 is 1.19 bits per heavy atom. The highest BCUT2D eigenvalue weighted by Gasteiger charge is 2.21. The largest absolute Gasteiger partial charge is 0.340 e. The summed E-state index contributed by atoms with van der Waals surface area (Å²) in [5, 5.41) is 4.52. The third-order valence-electron chi connectivity index (χ3n) is 4.87. The first-order chi connectivity index (χ1) is 13.2. The molecular formula is C19H21Cl2N5S. The zero-order chi connectivity index (χ0) is 18.8. The molecule has 0 spiro atoms. The SMILES string of the molecule is CNC1CCCCN(c2ncc(Sc3cccc(Cl)c3Cl)c3nccn23)C1. The van der Waals surface area contributed by atoms with Gasteiger partial charge in [-0.05, 0) is 32.0 Å². The summed E-state index contributed by atoms with van der Waals surface area (Å²) in [4.78, 5) is 13.6. The topological polar surface area (TPSA) is 45.5 Å². The van der Waals surface area contributed by atoms with Crippen LogP contribution in [-0.2, 0) is 0 Å². The van der Waals surface area contributed by atoms with Crippen LogP contribution in [-0.4, -0.2) is 40.5 Å². The minimum absolute atomic E-state index is 0.479. The van der Waals surface area contributed by atoms with Gasteiger partial charge in [-0.2, -0.15) is 0 Å². The number of rotatable bonds is 4. The molecule has 1 aliphatic heterocycles. The Hall–Kier alpha value is -1.47. The third-order valence-corrected chi connectivity index (χ3v) is 6.87.